The first-order chi connectivity index (χ1) is 3.38. The molecule has 1 heteroatoms. The summed E-state index contributed by atoms with van der Waals surface area (Å²) < 4.78 is 0. The Morgan fingerprint density at radius 2 is 2.43 bits per heavy atom. The van der Waals surface area contributed by atoms with Gasteiger partial charge in [0.1, 0.15) is 0 Å². The van der Waals surface area contributed by atoms with Crippen molar-refractivity contribution in [2.75, 3.05) is 0 Å². The van der Waals surface area contributed by atoms with Gasteiger partial charge < -0.3 is 0 Å². The zero-order valence-corrected chi connectivity index (χ0v) is 4.22. The molecule has 0 aliphatic heterocycles. The summed E-state index contributed by atoms with van der Waals surface area (Å²) in [4.78, 5) is 8.96. The number of rotatable bonds is 0. The molecule has 1 nitrogen and oxygen atoms in total. The molecule has 1 N–H and O–H groups in total. The lowest BCUT2D eigenvalue weighted by atomic mass is 10.2. The summed E-state index contributed by atoms with van der Waals surface area (Å²) in [5, 5.41) is 0. The molecule has 2 unspecified atom stereocenters. The highest BCUT2D eigenvalue weighted by Crippen LogP contribution is 2.48. The van der Waals surface area contributed by atoms with E-state index in [0.29, 0.717) is 5.92 Å². The second kappa shape index (κ2) is 0.908. The zero-order chi connectivity index (χ0) is 4.85. The molecular formula is C6H9O+. The normalized spacial score (nSPS) is 46.6. The van der Waals surface area contributed by atoms with Crippen LogP contribution in [-0.4, -0.2) is 10.6 Å². The zero-order valence-electron chi connectivity index (χ0n) is 4.22. The highest BCUT2D eigenvalue weighted by molar-refractivity contribution is 5.87. The Hall–Kier alpha value is -0.330. The van der Waals surface area contributed by atoms with E-state index in [4.69, 9.17) is 4.79 Å². The van der Waals surface area contributed by atoms with Crippen LogP contribution in [0.3, 0.4) is 0 Å². The van der Waals surface area contributed by atoms with Crippen molar-refractivity contribution in [1.82, 2.24) is 0 Å². The van der Waals surface area contributed by atoms with Gasteiger partial charge in [-0.05, 0) is 18.8 Å². The van der Waals surface area contributed by atoms with Crippen LogP contribution in [0, 0.1) is 11.8 Å². The molecule has 0 heterocycles. The third-order valence-corrected chi connectivity index (χ3v) is 2.12. The molecule has 0 spiro atoms. The van der Waals surface area contributed by atoms with E-state index in [0.717, 1.165) is 18.1 Å². The third-order valence-electron chi connectivity index (χ3n) is 2.12. The first-order valence-electron chi connectivity index (χ1n) is 2.92. The van der Waals surface area contributed by atoms with Crippen molar-refractivity contribution in [2.24, 2.45) is 11.8 Å². The third kappa shape index (κ3) is 0.355. The van der Waals surface area contributed by atoms with E-state index in [2.05, 4.69) is 0 Å². The van der Waals surface area contributed by atoms with Gasteiger partial charge in [0.2, 0.25) is 0 Å². The van der Waals surface area contributed by atoms with Crippen LogP contribution in [0.15, 0.2) is 0 Å². The van der Waals surface area contributed by atoms with Crippen molar-refractivity contribution in [1.29, 1.82) is 0 Å². The fourth-order valence-electron chi connectivity index (χ4n) is 1.49. The van der Waals surface area contributed by atoms with E-state index >= 15 is 0 Å². The minimum Gasteiger partial charge on any atom is -0.283 e. The fourth-order valence-corrected chi connectivity index (χ4v) is 1.49. The number of hydrogen-bond acceptors (Lipinski definition) is 0. The predicted molar refractivity (Wildman–Crippen MR) is 27.8 cm³/mol. The summed E-state index contributed by atoms with van der Waals surface area (Å²) in [6, 6.07) is 0. The minimum atomic E-state index is 0.653. The average Bonchev–Trinajstić information content (AvgIpc) is 2.33. The van der Waals surface area contributed by atoms with Gasteiger partial charge in [0.25, 0.3) is 5.78 Å². The van der Waals surface area contributed by atoms with Gasteiger partial charge in [0.15, 0.2) is 0 Å². The minimum absolute atomic E-state index is 0.653. The van der Waals surface area contributed by atoms with Gasteiger partial charge in [-0.1, -0.05) is 0 Å². The summed E-state index contributed by atoms with van der Waals surface area (Å²) in [5.74, 6) is 2.34. The molecule has 0 bridgehead atoms. The van der Waals surface area contributed by atoms with Crippen molar-refractivity contribution >= 4 is 5.78 Å². The van der Waals surface area contributed by atoms with Crippen molar-refractivity contribution < 1.29 is 4.79 Å². The van der Waals surface area contributed by atoms with Crippen LogP contribution in [0.5, 0.6) is 0 Å². The summed E-state index contributed by atoms with van der Waals surface area (Å²) in [6.07, 6.45) is 3.54. The Bertz CT molecular complexity index is 117. The first-order valence-corrected chi connectivity index (χ1v) is 2.92. The van der Waals surface area contributed by atoms with E-state index < -0.39 is 0 Å². The Balaban J connectivity index is 2.21. The van der Waals surface area contributed by atoms with Gasteiger partial charge in [0, 0.05) is 0 Å². The summed E-state index contributed by atoms with van der Waals surface area (Å²) in [6.45, 7) is 0. The van der Waals surface area contributed by atoms with Crippen molar-refractivity contribution in [2.45, 2.75) is 19.3 Å². The second-order valence-electron chi connectivity index (χ2n) is 2.63. The van der Waals surface area contributed by atoms with Crippen LogP contribution in [0.25, 0.3) is 0 Å². The van der Waals surface area contributed by atoms with E-state index in [1.54, 1.807) is 0 Å². The number of carbonyl (C=O) groups excluding carboxylic acids is 1. The fraction of sp³-hybridized carbons (Fsp3) is 0.833. The quantitative estimate of drug-likeness (QED) is 0.401. The average molecular weight is 97.1 g/mol. The molecule has 0 saturated heterocycles. The highest BCUT2D eigenvalue weighted by atomic mass is 16.1. The Morgan fingerprint density at radius 3 is 2.57 bits per heavy atom. The van der Waals surface area contributed by atoms with E-state index in [-0.39, 0.29) is 0 Å². The number of ketones is 1. The molecule has 0 aromatic carbocycles. The molecule has 0 amide bonds. The van der Waals surface area contributed by atoms with Gasteiger partial charge >= 0.3 is 0 Å². The SMILES string of the molecule is [OH+]=C1CCC2CC12. The monoisotopic (exact) mass is 97.1 g/mol. The lowest BCUT2D eigenvalue weighted by Gasteiger charge is -1.76. The summed E-state index contributed by atoms with van der Waals surface area (Å²) >= 11 is 0. The largest absolute Gasteiger partial charge is 0.296 e. The molecule has 2 rings (SSSR count). The van der Waals surface area contributed by atoms with Crippen molar-refractivity contribution in [3.63, 3.8) is 0 Å². The summed E-state index contributed by atoms with van der Waals surface area (Å²) in [5.41, 5.74) is 0. The van der Waals surface area contributed by atoms with Crippen LogP contribution in [0.2, 0.25) is 0 Å². The molecule has 38 valence electrons. The van der Waals surface area contributed by atoms with Gasteiger partial charge in [0.05, 0.1) is 12.3 Å². The summed E-state index contributed by atoms with van der Waals surface area (Å²) in [7, 11) is 0. The van der Waals surface area contributed by atoms with Gasteiger partial charge in [-0.2, -0.15) is 0 Å². The van der Waals surface area contributed by atoms with E-state index in [9.17, 15) is 0 Å². The van der Waals surface area contributed by atoms with Crippen LogP contribution in [0.1, 0.15) is 19.3 Å². The number of fused-ring (bicyclic) bond motifs is 1. The molecule has 7 heavy (non-hydrogen) atoms. The second-order valence-corrected chi connectivity index (χ2v) is 2.63. The molecule has 0 radical (unpaired) electrons. The maximum Gasteiger partial charge on any atom is 0.296 e. The molecule has 2 aliphatic carbocycles. The maximum absolute atomic E-state index is 8.96. The van der Waals surface area contributed by atoms with Crippen LogP contribution in [0.4, 0.5) is 0 Å². The molecule has 2 atom stereocenters. The Labute approximate surface area is 42.7 Å². The van der Waals surface area contributed by atoms with Crippen LogP contribution < -0.4 is 0 Å². The van der Waals surface area contributed by atoms with E-state index in [1.165, 1.54) is 12.8 Å². The molecule has 0 aromatic heterocycles. The topological polar surface area (TPSA) is 21.4 Å². The lowest BCUT2D eigenvalue weighted by molar-refractivity contribution is 0.646. The highest BCUT2D eigenvalue weighted by Gasteiger charge is 2.51. The van der Waals surface area contributed by atoms with Crippen LogP contribution in [-0.2, 0) is 0 Å². The van der Waals surface area contributed by atoms with Crippen molar-refractivity contribution in [3.05, 3.63) is 0 Å². The first kappa shape index (κ1) is 3.65. The van der Waals surface area contributed by atoms with Gasteiger partial charge in [-0.3, -0.25) is 4.79 Å². The Kier molecular flexibility index (Phi) is 0.473. The lowest BCUT2D eigenvalue weighted by Crippen LogP contribution is -1.92. The standard InChI is InChI=1S/C6H8O/c7-6-2-1-4-3-5(4)6/h4-5H,1-3H2/p+1. The predicted octanol–water partition coefficient (Wildman–Crippen LogP) is 0.961. The molecule has 2 saturated carbocycles. The number of hydrogen-bond donors (Lipinski definition) is 0. The van der Waals surface area contributed by atoms with Crippen LogP contribution >= 0.6 is 0 Å². The maximum atomic E-state index is 8.96. The smallest absolute Gasteiger partial charge is 0.283 e. The molecule has 2 fully saturated rings. The Morgan fingerprint density at radius 1 is 1.57 bits per heavy atom. The molecule has 0 aromatic rings. The van der Waals surface area contributed by atoms with Gasteiger partial charge in [-0.25, -0.2) is 0 Å². The van der Waals surface area contributed by atoms with Crippen molar-refractivity contribution in [3.8, 4) is 0 Å². The van der Waals surface area contributed by atoms with E-state index in [1.807, 2.05) is 0 Å². The van der Waals surface area contributed by atoms with Gasteiger partial charge in [-0.15, -0.1) is 0 Å². The molecule has 2 aliphatic rings. The molecular weight excluding hydrogens is 88.1 g/mol.